The molecule has 1 aliphatic rings. The maximum Gasteiger partial charge on any atom is 0.342 e. The molecule has 0 spiro atoms. The van der Waals surface area contributed by atoms with Gasteiger partial charge in [-0.25, -0.2) is 13.2 Å². The van der Waals surface area contributed by atoms with Crippen LogP contribution in [-0.2, 0) is 26.0 Å². The molecule has 0 saturated carbocycles. The van der Waals surface area contributed by atoms with Crippen molar-refractivity contribution < 1.29 is 27.5 Å². The molecule has 0 unspecified atom stereocenters. The van der Waals surface area contributed by atoms with Crippen LogP contribution in [0.5, 0.6) is 5.75 Å². The van der Waals surface area contributed by atoms with Gasteiger partial charge in [-0.1, -0.05) is 48.5 Å². The third-order valence-corrected chi connectivity index (χ3v) is 7.64. The van der Waals surface area contributed by atoms with E-state index in [1.807, 2.05) is 49.4 Å². The van der Waals surface area contributed by atoms with E-state index in [-0.39, 0.29) is 22.3 Å². The lowest BCUT2D eigenvalue weighted by atomic mass is 10.1. The molecule has 8 nitrogen and oxygen atoms in total. The lowest BCUT2D eigenvalue weighted by Gasteiger charge is -2.20. The number of methoxy groups -OCH3 is 1. The van der Waals surface area contributed by atoms with Crippen LogP contribution in [0.2, 0.25) is 0 Å². The summed E-state index contributed by atoms with van der Waals surface area (Å²) in [6, 6.07) is 20.4. The van der Waals surface area contributed by atoms with Crippen molar-refractivity contribution in [3.63, 3.8) is 0 Å². The first-order valence-electron chi connectivity index (χ1n) is 11.1. The number of esters is 1. The minimum absolute atomic E-state index is 0.0656. The molecule has 0 fully saturated rings. The van der Waals surface area contributed by atoms with Gasteiger partial charge >= 0.3 is 5.97 Å². The van der Waals surface area contributed by atoms with E-state index in [0.29, 0.717) is 18.7 Å². The molecule has 1 N–H and O–H groups in total. The molecule has 3 aromatic carbocycles. The minimum atomic E-state index is -3.92. The normalized spacial score (nSPS) is 13.6. The van der Waals surface area contributed by atoms with Gasteiger partial charge in [-0.05, 0) is 48.7 Å². The lowest BCUT2D eigenvalue weighted by molar-refractivity contribution is -0.124. The Morgan fingerprint density at radius 3 is 2.49 bits per heavy atom. The SMILES string of the molecule is COc1ccc(S(=O)(=O)N2CCc3ccccc32)cc1C(=O)OCC(=O)N[C@H](C)c1ccccc1. The highest BCUT2D eigenvalue weighted by atomic mass is 32.2. The van der Waals surface area contributed by atoms with E-state index in [1.165, 1.54) is 29.6 Å². The zero-order chi connectivity index (χ0) is 25.0. The predicted octanol–water partition coefficient (Wildman–Crippen LogP) is 3.48. The second kappa shape index (κ2) is 10.2. The third kappa shape index (κ3) is 5.14. The number of carbonyl (C=O) groups excluding carboxylic acids is 2. The quantitative estimate of drug-likeness (QED) is 0.481. The molecule has 0 bridgehead atoms. The van der Waals surface area contributed by atoms with Crippen LogP contribution >= 0.6 is 0 Å². The highest BCUT2D eigenvalue weighted by Gasteiger charge is 2.32. The van der Waals surface area contributed by atoms with Crippen molar-refractivity contribution in [2.45, 2.75) is 24.3 Å². The van der Waals surface area contributed by atoms with E-state index in [4.69, 9.17) is 9.47 Å². The summed E-state index contributed by atoms with van der Waals surface area (Å²) in [5.74, 6) is -1.19. The van der Waals surface area contributed by atoms with E-state index in [2.05, 4.69) is 5.32 Å². The fourth-order valence-electron chi connectivity index (χ4n) is 4.01. The lowest BCUT2D eigenvalue weighted by Crippen LogP contribution is -2.31. The average molecular weight is 495 g/mol. The first-order chi connectivity index (χ1) is 16.8. The molecule has 182 valence electrons. The molecule has 3 aromatic rings. The number of benzene rings is 3. The number of hydrogen-bond acceptors (Lipinski definition) is 6. The van der Waals surface area contributed by atoms with Gasteiger partial charge in [0.05, 0.1) is 23.7 Å². The van der Waals surface area contributed by atoms with Crippen molar-refractivity contribution in [1.29, 1.82) is 0 Å². The van der Waals surface area contributed by atoms with Gasteiger partial charge in [-0.2, -0.15) is 0 Å². The van der Waals surface area contributed by atoms with Crippen LogP contribution in [0.15, 0.2) is 77.7 Å². The van der Waals surface area contributed by atoms with Crippen LogP contribution in [0.3, 0.4) is 0 Å². The summed E-state index contributed by atoms with van der Waals surface area (Å²) in [5.41, 5.74) is 2.40. The van der Waals surface area contributed by atoms with Crippen LogP contribution in [0.4, 0.5) is 5.69 Å². The first-order valence-corrected chi connectivity index (χ1v) is 12.6. The van der Waals surface area contributed by atoms with E-state index in [1.54, 1.807) is 12.1 Å². The van der Waals surface area contributed by atoms with Gasteiger partial charge in [0, 0.05) is 6.54 Å². The second-order valence-electron chi connectivity index (χ2n) is 8.09. The van der Waals surface area contributed by atoms with Gasteiger partial charge in [0.15, 0.2) is 6.61 Å². The number of ether oxygens (including phenoxy) is 2. The summed E-state index contributed by atoms with van der Waals surface area (Å²) in [5, 5.41) is 2.76. The Hall–Kier alpha value is -3.85. The number of nitrogens with one attached hydrogen (secondary N) is 1. The Bertz CT molecular complexity index is 1340. The molecular formula is C26H26N2O6S. The number of nitrogens with zero attached hydrogens (tertiary/aromatic N) is 1. The van der Waals surface area contributed by atoms with E-state index in [9.17, 15) is 18.0 Å². The van der Waals surface area contributed by atoms with Crippen molar-refractivity contribution in [3.8, 4) is 5.75 Å². The topological polar surface area (TPSA) is 102 Å². The van der Waals surface area contributed by atoms with Crippen molar-refractivity contribution >= 4 is 27.6 Å². The smallest absolute Gasteiger partial charge is 0.342 e. The Morgan fingerprint density at radius 1 is 1.03 bits per heavy atom. The molecule has 1 aliphatic heterocycles. The molecule has 9 heteroatoms. The van der Waals surface area contributed by atoms with Crippen molar-refractivity contribution in [1.82, 2.24) is 5.32 Å². The highest BCUT2D eigenvalue weighted by Crippen LogP contribution is 2.34. The molecular weight excluding hydrogens is 468 g/mol. The zero-order valence-electron chi connectivity index (χ0n) is 19.4. The number of anilines is 1. The van der Waals surface area contributed by atoms with Crippen LogP contribution in [0.1, 0.15) is 34.5 Å². The van der Waals surface area contributed by atoms with Crippen LogP contribution < -0.4 is 14.4 Å². The monoisotopic (exact) mass is 494 g/mol. The standard InChI is InChI=1S/C26H26N2O6S/c1-18(19-8-4-3-5-9-19)27-25(29)17-34-26(30)22-16-21(12-13-24(22)33-2)35(31,32)28-15-14-20-10-6-7-11-23(20)28/h3-13,16,18H,14-15,17H2,1-2H3,(H,27,29)/t18-/m1/s1. The van der Waals surface area contributed by atoms with Crippen LogP contribution in [0.25, 0.3) is 0 Å². The Kier molecular flexibility index (Phi) is 7.07. The number of sulfonamides is 1. The second-order valence-corrected chi connectivity index (χ2v) is 9.96. The van der Waals surface area contributed by atoms with E-state index in [0.717, 1.165) is 11.1 Å². The number of rotatable bonds is 8. The number of para-hydroxylation sites is 1. The maximum atomic E-state index is 13.4. The van der Waals surface area contributed by atoms with E-state index >= 15 is 0 Å². The summed E-state index contributed by atoms with van der Waals surface area (Å²) in [4.78, 5) is 25.0. The van der Waals surface area contributed by atoms with Crippen molar-refractivity contribution in [2.75, 3.05) is 24.6 Å². The van der Waals surface area contributed by atoms with Crippen LogP contribution in [0, 0.1) is 0 Å². The summed E-state index contributed by atoms with van der Waals surface area (Å²) in [7, 11) is -2.55. The maximum absolute atomic E-state index is 13.4. The molecule has 35 heavy (non-hydrogen) atoms. The minimum Gasteiger partial charge on any atom is -0.496 e. The largest absolute Gasteiger partial charge is 0.496 e. The summed E-state index contributed by atoms with van der Waals surface area (Å²) >= 11 is 0. The average Bonchev–Trinajstić information content (AvgIpc) is 3.32. The number of carbonyl (C=O) groups is 2. The molecule has 0 saturated heterocycles. The molecule has 1 heterocycles. The summed E-state index contributed by atoms with van der Waals surface area (Å²) in [6.07, 6.45) is 0.608. The van der Waals surface area contributed by atoms with Crippen LogP contribution in [-0.4, -0.2) is 40.6 Å². The molecule has 0 aliphatic carbocycles. The van der Waals surface area contributed by atoms with Gasteiger partial charge < -0.3 is 14.8 Å². The number of hydrogen-bond donors (Lipinski definition) is 1. The Labute approximate surface area is 204 Å². The van der Waals surface area contributed by atoms with Crippen molar-refractivity contribution in [3.05, 3.63) is 89.5 Å². The summed E-state index contributed by atoms with van der Waals surface area (Å²) in [6.45, 7) is 1.62. The number of amides is 1. The zero-order valence-corrected chi connectivity index (χ0v) is 20.2. The number of fused-ring (bicyclic) bond motifs is 1. The first kappa shape index (κ1) is 24.3. The molecule has 4 rings (SSSR count). The van der Waals surface area contributed by atoms with Gasteiger partial charge in [-0.3, -0.25) is 9.10 Å². The van der Waals surface area contributed by atoms with E-state index < -0.39 is 28.5 Å². The predicted molar refractivity (Wildman–Crippen MR) is 131 cm³/mol. The van der Waals surface area contributed by atoms with Crippen molar-refractivity contribution in [2.24, 2.45) is 0 Å². The molecule has 1 amide bonds. The molecule has 1 atom stereocenters. The fraction of sp³-hybridized carbons (Fsp3) is 0.231. The van der Waals surface area contributed by atoms with Gasteiger partial charge in [0.25, 0.3) is 15.9 Å². The highest BCUT2D eigenvalue weighted by molar-refractivity contribution is 7.92. The third-order valence-electron chi connectivity index (χ3n) is 5.83. The Balaban J connectivity index is 1.49. The van der Waals surface area contributed by atoms with Gasteiger partial charge in [0.1, 0.15) is 11.3 Å². The molecule has 0 radical (unpaired) electrons. The van der Waals surface area contributed by atoms with Gasteiger partial charge in [-0.15, -0.1) is 0 Å². The fourth-order valence-corrected chi connectivity index (χ4v) is 5.54. The Morgan fingerprint density at radius 2 is 1.74 bits per heavy atom. The van der Waals surface area contributed by atoms with Gasteiger partial charge in [0.2, 0.25) is 0 Å². The summed E-state index contributed by atoms with van der Waals surface area (Å²) < 4.78 is 38.5. The molecule has 0 aromatic heterocycles.